The maximum atomic E-state index is 3.32. The molecule has 0 aliphatic heterocycles. The highest BCUT2D eigenvalue weighted by Crippen LogP contribution is 2.27. The molecule has 0 aromatic carbocycles. The van der Waals surface area contributed by atoms with E-state index in [9.17, 15) is 0 Å². The van der Waals surface area contributed by atoms with E-state index < -0.39 is 0 Å². The van der Waals surface area contributed by atoms with E-state index in [2.05, 4.69) is 40.1 Å². The van der Waals surface area contributed by atoms with Gasteiger partial charge < -0.3 is 5.32 Å². The van der Waals surface area contributed by atoms with E-state index in [1.807, 2.05) is 0 Å². The Hall–Kier alpha value is -0.0400. The zero-order valence-electron chi connectivity index (χ0n) is 10.8. The summed E-state index contributed by atoms with van der Waals surface area (Å²) in [5.41, 5.74) is 0. The normalized spacial score (nSPS) is 15.9. The summed E-state index contributed by atoms with van der Waals surface area (Å²) >= 11 is 0. The topological polar surface area (TPSA) is 12.0 Å². The summed E-state index contributed by atoms with van der Waals surface area (Å²) in [6, 6.07) is 0.679. The molecule has 2 atom stereocenters. The maximum Gasteiger partial charge on any atom is 0.00358 e. The number of nitrogens with one attached hydrogen (secondary N) is 1. The van der Waals surface area contributed by atoms with Gasteiger partial charge in [0.2, 0.25) is 0 Å². The van der Waals surface area contributed by atoms with E-state index in [-0.39, 0.29) is 0 Å². The lowest BCUT2D eigenvalue weighted by Gasteiger charge is -2.25. The van der Waals surface area contributed by atoms with Crippen molar-refractivity contribution in [1.82, 2.24) is 5.32 Å². The molecule has 0 radical (unpaired) electrons. The summed E-state index contributed by atoms with van der Waals surface area (Å²) in [5.74, 6) is 1.89. The van der Waals surface area contributed by atoms with Crippen molar-refractivity contribution in [2.75, 3.05) is 7.05 Å². The SMILES string of the molecule is CCC(CC)C(CC)CCC(C)NC. The molecule has 0 heterocycles. The van der Waals surface area contributed by atoms with Gasteiger partial charge in [-0.2, -0.15) is 0 Å². The van der Waals surface area contributed by atoms with E-state index in [0.717, 1.165) is 11.8 Å². The van der Waals surface area contributed by atoms with Crippen LogP contribution in [0.15, 0.2) is 0 Å². The fraction of sp³-hybridized carbons (Fsp3) is 1.00. The summed E-state index contributed by atoms with van der Waals surface area (Å²) in [7, 11) is 2.06. The smallest absolute Gasteiger partial charge is 0.00358 e. The summed E-state index contributed by atoms with van der Waals surface area (Å²) in [4.78, 5) is 0. The molecule has 0 saturated heterocycles. The van der Waals surface area contributed by atoms with E-state index in [1.165, 1.54) is 32.1 Å². The van der Waals surface area contributed by atoms with Crippen LogP contribution in [0.25, 0.3) is 0 Å². The van der Waals surface area contributed by atoms with Crippen molar-refractivity contribution in [1.29, 1.82) is 0 Å². The predicted molar refractivity (Wildman–Crippen MR) is 65.6 cm³/mol. The standard InChI is InChI=1S/C13H29N/c1-6-12(7-2)13(8-3)10-9-11(4)14-5/h11-14H,6-10H2,1-5H3. The van der Waals surface area contributed by atoms with Crippen LogP contribution in [0.3, 0.4) is 0 Å². The van der Waals surface area contributed by atoms with Gasteiger partial charge in [-0.15, -0.1) is 0 Å². The first-order valence-corrected chi connectivity index (χ1v) is 6.36. The van der Waals surface area contributed by atoms with Crippen molar-refractivity contribution in [2.24, 2.45) is 11.8 Å². The van der Waals surface area contributed by atoms with Crippen molar-refractivity contribution < 1.29 is 0 Å². The number of hydrogen-bond donors (Lipinski definition) is 1. The lowest BCUT2D eigenvalue weighted by molar-refractivity contribution is 0.272. The molecule has 0 aromatic heterocycles. The largest absolute Gasteiger partial charge is 0.317 e. The molecule has 0 rings (SSSR count). The average molecular weight is 199 g/mol. The van der Waals surface area contributed by atoms with Gasteiger partial charge in [-0.3, -0.25) is 0 Å². The van der Waals surface area contributed by atoms with Gasteiger partial charge in [-0.25, -0.2) is 0 Å². The Bertz CT molecular complexity index is 118. The average Bonchev–Trinajstić information content (AvgIpc) is 2.23. The van der Waals surface area contributed by atoms with Gasteiger partial charge in [-0.1, -0.05) is 40.0 Å². The Morgan fingerprint density at radius 3 is 1.71 bits per heavy atom. The van der Waals surface area contributed by atoms with Crippen LogP contribution in [-0.2, 0) is 0 Å². The Balaban J connectivity index is 3.88. The Morgan fingerprint density at radius 2 is 1.36 bits per heavy atom. The quantitative estimate of drug-likeness (QED) is 0.626. The first-order valence-electron chi connectivity index (χ1n) is 6.36. The first-order chi connectivity index (χ1) is 6.69. The summed E-state index contributed by atoms with van der Waals surface area (Å²) in [5, 5.41) is 3.32. The van der Waals surface area contributed by atoms with Crippen LogP contribution in [0, 0.1) is 11.8 Å². The zero-order valence-corrected chi connectivity index (χ0v) is 10.8. The summed E-state index contributed by atoms with van der Waals surface area (Å²) in [6.45, 7) is 9.28. The molecular weight excluding hydrogens is 170 g/mol. The lowest BCUT2D eigenvalue weighted by atomic mass is 9.82. The highest BCUT2D eigenvalue weighted by Gasteiger charge is 2.16. The van der Waals surface area contributed by atoms with Crippen LogP contribution in [0.2, 0.25) is 0 Å². The van der Waals surface area contributed by atoms with Crippen LogP contribution >= 0.6 is 0 Å². The molecule has 1 N–H and O–H groups in total. The van der Waals surface area contributed by atoms with Crippen LogP contribution in [-0.4, -0.2) is 13.1 Å². The van der Waals surface area contributed by atoms with Gasteiger partial charge in [0, 0.05) is 6.04 Å². The monoisotopic (exact) mass is 199 g/mol. The molecule has 0 bridgehead atoms. The molecule has 0 saturated carbocycles. The molecule has 86 valence electrons. The second kappa shape index (κ2) is 8.28. The molecule has 0 aliphatic carbocycles. The molecule has 0 aromatic rings. The van der Waals surface area contributed by atoms with Crippen molar-refractivity contribution >= 4 is 0 Å². The van der Waals surface area contributed by atoms with Gasteiger partial charge in [0.05, 0.1) is 0 Å². The van der Waals surface area contributed by atoms with E-state index in [4.69, 9.17) is 0 Å². The Morgan fingerprint density at radius 1 is 0.857 bits per heavy atom. The summed E-state index contributed by atoms with van der Waals surface area (Å²) in [6.07, 6.45) is 6.77. The third-order valence-electron chi connectivity index (χ3n) is 3.70. The predicted octanol–water partition coefficient (Wildman–Crippen LogP) is 3.84. The van der Waals surface area contributed by atoms with E-state index in [0.29, 0.717) is 6.04 Å². The molecule has 0 amide bonds. The van der Waals surface area contributed by atoms with Gasteiger partial charge in [0.15, 0.2) is 0 Å². The molecule has 0 aliphatic rings. The highest BCUT2D eigenvalue weighted by molar-refractivity contribution is 4.69. The number of rotatable bonds is 8. The second-order valence-electron chi connectivity index (χ2n) is 4.51. The van der Waals surface area contributed by atoms with Gasteiger partial charge >= 0.3 is 0 Å². The third kappa shape index (κ3) is 4.99. The minimum atomic E-state index is 0.679. The van der Waals surface area contributed by atoms with Gasteiger partial charge in [0.1, 0.15) is 0 Å². The van der Waals surface area contributed by atoms with E-state index in [1.54, 1.807) is 0 Å². The van der Waals surface area contributed by atoms with E-state index >= 15 is 0 Å². The fourth-order valence-electron chi connectivity index (χ4n) is 2.34. The van der Waals surface area contributed by atoms with Crippen LogP contribution < -0.4 is 5.32 Å². The molecule has 0 fully saturated rings. The van der Waals surface area contributed by atoms with Crippen LogP contribution in [0.4, 0.5) is 0 Å². The fourth-order valence-corrected chi connectivity index (χ4v) is 2.34. The van der Waals surface area contributed by atoms with Crippen molar-refractivity contribution in [3.8, 4) is 0 Å². The van der Waals surface area contributed by atoms with Crippen molar-refractivity contribution in [3.05, 3.63) is 0 Å². The van der Waals surface area contributed by atoms with Gasteiger partial charge in [-0.05, 0) is 38.6 Å². The van der Waals surface area contributed by atoms with Gasteiger partial charge in [0.25, 0.3) is 0 Å². The number of hydrogen-bond acceptors (Lipinski definition) is 1. The molecule has 14 heavy (non-hydrogen) atoms. The van der Waals surface area contributed by atoms with Crippen LogP contribution in [0.1, 0.15) is 59.8 Å². The molecule has 0 spiro atoms. The van der Waals surface area contributed by atoms with Crippen molar-refractivity contribution in [2.45, 2.75) is 65.8 Å². The Kier molecular flexibility index (Phi) is 8.26. The molecular formula is C13H29N. The summed E-state index contributed by atoms with van der Waals surface area (Å²) < 4.78 is 0. The molecule has 1 heteroatoms. The third-order valence-corrected chi connectivity index (χ3v) is 3.70. The second-order valence-corrected chi connectivity index (χ2v) is 4.51. The minimum absolute atomic E-state index is 0.679. The molecule has 2 unspecified atom stereocenters. The lowest BCUT2D eigenvalue weighted by Crippen LogP contribution is -2.23. The first kappa shape index (κ1) is 14.0. The highest BCUT2D eigenvalue weighted by atomic mass is 14.8. The maximum absolute atomic E-state index is 3.32. The van der Waals surface area contributed by atoms with Crippen molar-refractivity contribution in [3.63, 3.8) is 0 Å². The minimum Gasteiger partial charge on any atom is -0.317 e. The Labute approximate surface area is 90.7 Å². The zero-order chi connectivity index (χ0) is 11.0. The molecule has 1 nitrogen and oxygen atoms in total. The van der Waals surface area contributed by atoms with Crippen LogP contribution in [0.5, 0.6) is 0 Å².